The van der Waals surface area contributed by atoms with Crippen LogP contribution in [-0.4, -0.2) is 37.2 Å². The Hall–Kier alpha value is -2.63. The summed E-state index contributed by atoms with van der Waals surface area (Å²) in [7, 11) is 0. The molecule has 0 aliphatic heterocycles. The van der Waals surface area contributed by atoms with Crippen LogP contribution in [-0.2, 0) is 28.6 Å². The fourth-order valence-electron chi connectivity index (χ4n) is 8.14. The second-order valence-corrected chi connectivity index (χ2v) is 18.8. The van der Waals surface area contributed by atoms with Crippen LogP contribution in [0.25, 0.3) is 0 Å². The molecule has 0 aliphatic carbocycles. The molecule has 6 heteroatoms. The predicted octanol–water partition coefficient (Wildman–Crippen LogP) is 18.7. The van der Waals surface area contributed by atoms with E-state index in [0.717, 1.165) is 83.5 Å². The van der Waals surface area contributed by atoms with Gasteiger partial charge in [0.2, 0.25) is 0 Å². The zero-order valence-corrected chi connectivity index (χ0v) is 43.3. The van der Waals surface area contributed by atoms with Gasteiger partial charge in [0.05, 0.1) is 0 Å². The van der Waals surface area contributed by atoms with E-state index in [-0.39, 0.29) is 31.1 Å². The fraction of sp³-hybridized carbons (Fsp3) is 0.814. The molecule has 0 unspecified atom stereocenters. The molecule has 0 fully saturated rings. The van der Waals surface area contributed by atoms with Crippen molar-refractivity contribution in [3.8, 4) is 0 Å². The van der Waals surface area contributed by atoms with Crippen molar-refractivity contribution in [2.24, 2.45) is 0 Å². The predicted molar refractivity (Wildman–Crippen MR) is 279 cm³/mol. The minimum absolute atomic E-state index is 0.0821. The Morgan fingerprint density at radius 1 is 0.323 bits per heavy atom. The molecule has 0 aromatic rings. The molecule has 0 heterocycles. The van der Waals surface area contributed by atoms with E-state index >= 15 is 0 Å². The first kappa shape index (κ1) is 62.4. The van der Waals surface area contributed by atoms with Gasteiger partial charge in [-0.25, -0.2) is 0 Å². The number of unbranched alkanes of at least 4 members (excludes halogenated alkanes) is 32. The molecule has 65 heavy (non-hydrogen) atoms. The Balaban J connectivity index is 4.29. The van der Waals surface area contributed by atoms with Gasteiger partial charge in [0.1, 0.15) is 13.2 Å². The van der Waals surface area contributed by atoms with Crippen molar-refractivity contribution in [2.75, 3.05) is 13.2 Å². The summed E-state index contributed by atoms with van der Waals surface area (Å²) >= 11 is 0. The number of hydrogen-bond acceptors (Lipinski definition) is 6. The lowest BCUT2D eigenvalue weighted by atomic mass is 10.0. The van der Waals surface area contributed by atoms with E-state index in [9.17, 15) is 14.4 Å². The molecule has 0 rings (SSSR count). The summed E-state index contributed by atoms with van der Waals surface area (Å²) in [6.07, 6.45) is 65.4. The highest BCUT2D eigenvalue weighted by molar-refractivity contribution is 5.71. The Labute approximate surface area is 403 Å². The van der Waals surface area contributed by atoms with Crippen molar-refractivity contribution in [1.29, 1.82) is 0 Å². The van der Waals surface area contributed by atoms with Gasteiger partial charge in [-0.3, -0.25) is 14.4 Å². The largest absolute Gasteiger partial charge is 0.462 e. The SMILES string of the molecule is CC/C=C\C/C=C\C/C=C\C/C=C\CCCCC(=O)OC[C@H](COC(=O)CCCCCCCCCCCCCCCCCCCCCCC)OC(=O)CCCCCCCCCCCCC. The summed E-state index contributed by atoms with van der Waals surface area (Å²) in [5, 5.41) is 0. The van der Waals surface area contributed by atoms with Crippen LogP contribution in [0.4, 0.5) is 0 Å². The number of carbonyl (C=O) groups excluding carboxylic acids is 3. The third kappa shape index (κ3) is 52.2. The van der Waals surface area contributed by atoms with E-state index in [0.29, 0.717) is 19.3 Å². The van der Waals surface area contributed by atoms with Crippen molar-refractivity contribution in [1.82, 2.24) is 0 Å². The molecule has 6 nitrogen and oxygen atoms in total. The molecular formula is C59H106O6. The third-order valence-corrected chi connectivity index (χ3v) is 12.3. The number of carbonyl (C=O) groups is 3. The Morgan fingerprint density at radius 2 is 0.600 bits per heavy atom. The monoisotopic (exact) mass is 911 g/mol. The van der Waals surface area contributed by atoms with Crippen LogP contribution >= 0.6 is 0 Å². The first-order chi connectivity index (χ1) is 32.0. The lowest BCUT2D eigenvalue weighted by Crippen LogP contribution is -2.30. The highest BCUT2D eigenvalue weighted by atomic mass is 16.6. The van der Waals surface area contributed by atoms with Crippen LogP contribution in [0, 0.1) is 0 Å². The minimum Gasteiger partial charge on any atom is -0.462 e. The number of hydrogen-bond donors (Lipinski definition) is 0. The second kappa shape index (κ2) is 54.0. The standard InChI is InChI=1S/C59H106O6/c1-4-7-10-13-16-19-22-24-26-27-28-29-30-31-33-35-38-40-43-46-49-52-58(61)64-55-56(65-59(62)53-50-47-44-41-36-21-18-15-12-9-6-3)54-63-57(60)51-48-45-42-39-37-34-32-25-23-20-17-14-11-8-5-2/h8,11,17,20,25,32,37,39,56H,4-7,9-10,12-16,18-19,21-24,26-31,33-36,38,40-55H2,1-3H3/b11-8-,20-17-,32-25-,39-37-/t56-/m1/s1. The zero-order valence-electron chi connectivity index (χ0n) is 43.3. The summed E-state index contributed by atoms with van der Waals surface area (Å²) in [6.45, 7) is 6.51. The normalized spacial score (nSPS) is 12.4. The van der Waals surface area contributed by atoms with E-state index in [1.54, 1.807) is 0 Å². The van der Waals surface area contributed by atoms with Crippen molar-refractivity contribution < 1.29 is 28.6 Å². The molecule has 0 aliphatic rings. The molecule has 0 saturated carbocycles. The average Bonchev–Trinajstić information content (AvgIpc) is 3.30. The number of allylic oxidation sites excluding steroid dienone is 8. The summed E-state index contributed by atoms with van der Waals surface area (Å²) in [5.41, 5.74) is 0. The molecule has 0 bridgehead atoms. The van der Waals surface area contributed by atoms with E-state index < -0.39 is 6.10 Å². The maximum absolute atomic E-state index is 12.8. The molecular weight excluding hydrogens is 805 g/mol. The van der Waals surface area contributed by atoms with Crippen molar-refractivity contribution in [3.63, 3.8) is 0 Å². The molecule has 1 atom stereocenters. The van der Waals surface area contributed by atoms with Crippen LogP contribution in [0.5, 0.6) is 0 Å². The molecule has 0 N–H and O–H groups in total. The highest BCUT2D eigenvalue weighted by Gasteiger charge is 2.19. The maximum atomic E-state index is 12.8. The summed E-state index contributed by atoms with van der Waals surface area (Å²) in [6, 6.07) is 0. The molecule has 0 amide bonds. The molecule has 378 valence electrons. The zero-order chi connectivity index (χ0) is 47.2. The summed E-state index contributed by atoms with van der Waals surface area (Å²) in [4.78, 5) is 38.0. The van der Waals surface area contributed by atoms with Gasteiger partial charge in [0, 0.05) is 19.3 Å². The molecule has 0 aromatic carbocycles. The van der Waals surface area contributed by atoms with Crippen LogP contribution in [0.3, 0.4) is 0 Å². The van der Waals surface area contributed by atoms with Crippen LogP contribution in [0.2, 0.25) is 0 Å². The van der Waals surface area contributed by atoms with E-state index in [1.807, 2.05) is 0 Å². The number of rotatable bonds is 51. The number of esters is 3. The molecule has 0 radical (unpaired) electrons. The maximum Gasteiger partial charge on any atom is 0.306 e. The molecule has 0 aromatic heterocycles. The van der Waals surface area contributed by atoms with Gasteiger partial charge >= 0.3 is 17.9 Å². The number of ether oxygens (including phenoxy) is 3. The van der Waals surface area contributed by atoms with E-state index in [1.165, 1.54) is 167 Å². The minimum atomic E-state index is -0.785. The van der Waals surface area contributed by atoms with Gasteiger partial charge < -0.3 is 14.2 Å². The average molecular weight is 911 g/mol. The Morgan fingerprint density at radius 3 is 0.938 bits per heavy atom. The van der Waals surface area contributed by atoms with Crippen LogP contribution in [0.15, 0.2) is 48.6 Å². The fourth-order valence-corrected chi connectivity index (χ4v) is 8.14. The van der Waals surface area contributed by atoms with Gasteiger partial charge in [-0.2, -0.15) is 0 Å². The first-order valence-electron chi connectivity index (χ1n) is 28.1. The van der Waals surface area contributed by atoms with Gasteiger partial charge in [-0.15, -0.1) is 0 Å². The van der Waals surface area contributed by atoms with E-state index in [2.05, 4.69) is 69.4 Å². The third-order valence-electron chi connectivity index (χ3n) is 12.3. The van der Waals surface area contributed by atoms with Crippen LogP contribution in [0.1, 0.15) is 290 Å². The van der Waals surface area contributed by atoms with Crippen molar-refractivity contribution in [2.45, 2.75) is 297 Å². The smallest absolute Gasteiger partial charge is 0.306 e. The molecule has 0 spiro atoms. The van der Waals surface area contributed by atoms with Gasteiger partial charge in [-0.1, -0.05) is 262 Å². The van der Waals surface area contributed by atoms with Gasteiger partial charge in [-0.05, 0) is 57.8 Å². The molecule has 0 saturated heterocycles. The topological polar surface area (TPSA) is 78.9 Å². The van der Waals surface area contributed by atoms with Crippen molar-refractivity contribution in [3.05, 3.63) is 48.6 Å². The summed E-state index contributed by atoms with van der Waals surface area (Å²) < 4.78 is 16.8. The van der Waals surface area contributed by atoms with Crippen molar-refractivity contribution >= 4 is 17.9 Å². The summed E-state index contributed by atoms with van der Waals surface area (Å²) in [5.74, 6) is -0.913. The van der Waals surface area contributed by atoms with Gasteiger partial charge in [0.15, 0.2) is 6.10 Å². The Kier molecular flexibility index (Phi) is 51.8. The lowest BCUT2D eigenvalue weighted by molar-refractivity contribution is -0.167. The highest BCUT2D eigenvalue weighted by Crippen LogP contribution is 2.17. The quantitative estimate of drug-likeness (QED) is 0.0262. The first-order valence-corrected chi connectivity index (χ1v) is 28.1. The Bertz CT molecular complexity index is 1140. The second-order valence-electron chi connectivity index (χ2n) is 18.8. The van der Waals surface area contributed by atoms with Gasteiger partial charge in [0.25, 0.3) is 0 Å². The van der Waals surface area contributed by atoms with Crippen LogP contribution < -0.4 is 0 Å². The lowest BCUT2D eigenvalue weighted by Gasteiger charge is -2.18. The van der Waals surface area contributed by atoms with E-state index in [4.69, 9.17) is 14.2 Å².